The van der Waals surface area contributed by atoms with Crippen molar-refractivity contribution in [2.75, 3.05) is 7.05 Å². The van der Waals surface area contributed by atoms with Gasteiger partial charge in [-0.25, -0.2) is 8.42 Å². The van der Waals surface area contributed by atoms with Gasteiger partial charge in [-0.3, -0.25) is 14.5 Å². The van der Waals surface area contributed by atoms with Crippen LogP contribution in [0.5, 0.6) is 0 Å². The van der Waals surface area contributed by atoms with E-state index in [0.29, 0.717) is 23.6 Å². The third kappa shape index (κ3) is 4.97. The number of nitrogens with one attached hydrogen (secondary N) is 1. The average molecular weight is 434 g/mol. The molecule has 0 saturated carbocycles. The van der Waals surface area contributed by atoms with Crippen LogP contribution in [0.15, 0.2) is 58.4 Å². The van der Waals surface area contributed by atoms with E-state index >= 15 is 0 Å². The first-order valence-corrected chi connectivity index (χ1v) is 11.2. The van der Waals surface area contributed by atoms with E-state index in [9.17, 15) is 13.2 Å². The minimum atomic E-state index is -3.65. The van der Waals surface area contributed by atoms with Crippen molar-refractivity contribution in [3.63, 3.8) is 0 Å². The Bertz CT molecular complexity index is 1050. The summed E-state index contributed by atoms with van der Waals surface area (Å²) in [6.45, 7) is 4.40. The van der Waals surface area contributed by atoms with Crippen LogP contribution in [-0.4, -0.2) is 38.2 Å². The van der Waals surface area contributed by atoms with Crippen molar-refractivity contribution >= 4 is 33.4 Å². The Morgan fingerprint density at radius 2 is 1.90 bits per heavy atom. The van der Waals surface area contributed by atoms with Crippen LogP contribution < -0.4 is 4.72 Å². The maximum atomic E-state index is 13.1. The molecule has 1 N–H and O–H groups in total. The summed E-state index contributed by atoms with van der Waals surface area (Å²) in [6.07, 6.45) is 0.506. The number of amidine groups is 1. The van der Waals surface area contributed by atoms with E-state index in [2.05, 4.69) is 9.71 Å². The molecule has 1 aliphatic rings. The van der Waals surface area contributed by atoms with Crippen LogP contribution in [0, 0.1) is 5.92 Å². The molecule has 3 rings (SSSR count). The van der Waals surface area contributed by atoms with Gasteiger partial charge in [0.25, 0.3) is 10.0 Å². The molecular formula is C21H24ClN3O3S. The Hall–Kier alpha value is -2.38. The van der Waals surface area contributed by atoms with Crippen LogP contribution >= 0.6 is 11.6 Å². The molecule has 1 unspecified atom stereocenters. The summed E-state index contributed by atoms with van der Waals surface area (Å²) in [5.74, 6) is 0.256. The maximum Gasteiger partial charge on any atom is 0.263 e. The lowest BCUT2D eigenvalue weighted by Crippen LogP contribution is -2.37. The van der Waals surface area contributed by atoms with Gasteiger partial charge in [0.2, 0.25) is 5.91 Å². The highest BCUT2D eigenvalue weighted by molar-refractivity contribution is 7.90. The van der Waals surface area contributed by atoms with Gasteiger partial charge >= 0.3 is 0 Å². The highest BCUT2D eigenvalue weighted by atomic mass is 35.5. The Morgan fingerprint density at radius 3 is 2.59 bits per heavy atom. The first-order chi connectivity index (χ1) is 13.7. The normalized spacial score (nSPS) is 17.1. The summed E-state index contributed by atoms with van der Waals surface area (Å²) in [7, 11) is -1.94. The number of rotatable bonds is 6. The summed E-state index contributed by atoms with van der Waals surface area (Å²) in [6, 6.07) is 13.3. The van der Waals surface area contributed by atoms with Gasteiger partial charge in [-0.2, -0.15) is 0 Å². The van der Waals surface area contributed by atoms with Crippen LogP contribution in [0.25, 0.3) is 0 Å². The lowest BCUT2D eigenvalue weighted by atomic mass is 10.0. The second-order valence-electron chi connectivity index (χ2n) is 7.55. The van der Waals surface area contributed by atoms with Crippen molar-refractivity contribution in [1.29, 1.82) is 0 Å². The van der Waals surface area contributed by atoms with Gasteiger partial charge in [-0.15, -0.1) is 0 Å². The molecule has 0 bridgehead atoms. The highest BCUT2D eigenvalue weighted by Crippen LogP contribution is 2.24. The molecule has 1 amide bonds. The number of hydrogen-bond acceptors (Lipinski definition) is 4. The molecule has 2 aromatic rings. The summed E-state index contributed by atoms with van der Waals surface area (Å²) in [5.41, 5.74) is 1.41. The van der Waals surface area contributed by atoms with Crippen molar-refractivity contribution in [1.82, 2.24) is 9.62 Å². The van der Waals surface area contributed by atoms with Crippen LogP contribution in [0.1, 0.15) is 31.4 Å². The number of fused-ring (bicyclic) bond motifs is 1. The van der Waals surface area contributed by atoms with Crippen molar-refractivity contribution in [2.45, 2.75) is 37.8 Å². The van der Waals surface area contributed by atoms with Crippen LogP contribution in [0.2, 0.25) is 5.02 Å². The zero-order valence-electron chi connectivity index (χ0n) is 16.6. The van der Waals surface area contributed by atoms with Crippen molar-refractivity contribution < 1.29 is 13.2 Å². The monoisotopic (exact) mass is 433 g/mol. The molecule has 0 radical (unpaired) electrons. The Kier molecular flexibility index (Phi) is 6.29. The second kappa shape index (κ2) is 8.55. The van der Waals surface area contributed by atoms with Crippen LogP contribution in [-0.2, 0) is 21.4 Å². The van der Waals surface area contributed by atoms with E-state index < -0.39 is 16.1 Å². The third-order valence-corrected chi connectivity index (χ3v) is 6.24. The van der Waals surface area contributed by atoms with E-state index in [1.165, 1.54) is 6.07 Å². The number of halogens is 1. The van der Waals surface area contributed by atoms with Gasteiger partial charge in [0.05, 0.1) is 4.90 Å². The highest BCUT2D eigenvalue weighted by Gasteiger charge is 2.32. The quantitative estimate of drug-likeness (QED) is 0.757. The molecule has 2 aromatic carbocycles. The second-order valence-corrected chi connectivity index (χ2v) is 9.64. The van der Waals surface area contributed by atoms with Crippen LogP contribution in [0.3, 0.4) is 0 Å². The Morgan fingerprint density at radius 1 is 1.17 bits per heavy atom. The topological polar surface area (TPSA) is 78.8 Å². The van der Waals surface area contributed by atoms with Gasteiger partial charge in [0.1, 0.15) is 11.9 Å². The third-order valence-electron chi connectivity index (χ3n) is 4.61. The number of aliphatic imine (C=N–C) groups is 1. The van der Waals surface area contributed by atoms with E-state index in [1.54, 1.807) is 36.2 Å². The Balaban J connectivity index is 1.88. The molecule has 0 aromatic heterocycles. The predicted octanol–water partition coefficient (Wildman–Crippen LogP) is 3.45. The van der Waals surface area contributed by atoms with Crippen molar-refractivity contribution in [3.8, 4) is 0 Å². The number of likely N-dealkylation sites (N-methyl/N-ethyl adjacent to an activating group) is 1. The Labute approximate surface area is 176 Å². The lowest BCUT2D eigenvalue weighted by Gasteiger charge is -2.23. The fraction of sp³-hybridized carbons (Fsp3) is 0.333. The van der Waals surface area contributed by atoms with Gasteiger partial charge < -0.3 is 4.90 Å². The van der Waals surface area contributed by atoms with Crippen molar-refractivity contribution in [3.05, 3.63) is 64.7 Å². The fourth-order valence-electron chi connectivity index (χ4n) is 3.28. The van der Waals surface area contributed by atoms with Gasteiger partial charge in [0.15, 0.2) is 0 Å². The largest absolute Gasteiger partial charge is 0.340 e. The molecule has 0 fully saturated rings. The smallest absolute Gasteiger partial charge is 0.263 e. The minimum Gasteiger partial charge on any atom is -0.340 e. The first kappa shape index (κ1) is 21.3. The molecule has 0 saturated heterocycles. The number of carbonyl (C=O) groups is 1. The number of benzene rings is 2. The molecular weight excluding hydrogens is 410 g/mol. The summed E-state index contributed by atoms with van der Waals surface area (Å²) in [4.78, 5) is 19.5. The zero-order valence-corrected chi connectivity index (χ0v) is 18.2. The predicted molar refractivity (Wildman–Crippen MR) is 114 cm³/mol. The standard InChI is InChI=1S/C21H24ClN3O3S/c1-14(2)11-18(21(26)25(3)13-15-7-6-8-16(22)12-15)23-20-17-9-4-5-10-19(17)29(27,28)24-20/h4-10,12,14,18H,11,13H2,1-3H3,(H,23,24). The van der Waals surface area contributed by atoms with E-state index in [1.807, 2.05) is 32.0 Å². The molecule has 1 heterocycles. The molecule has 0 spiro atoms. The molecule has 154 valence electrons. The number of nitrogens with zero attached hydrogens (tertiary/aromatic N) is 2. The number of hydrogen-bond donors (Lipinski definition) is 1. The number of amides is 1. The number of carbonyl (C=O) groups excluding carboxylic acids is 1. The molecule has 0 aliphatic carbocycles. The molecule has 29 heavy (non-hydrogen) atoms. The number of sulfonamides is 1. The molecule has 1 aliphatic heterocycles. The molecule has 8 heteroatoms. The van der Waals surface area contributed by atoms with E-state index in [0.717, 1.165) is 5.56 Å². The molecule has 1 atom stereocenters. The summed E-state index contributed by atoms with van der Waals surface area (Å²) in [5, 5.41) is 0.610. The molecule has 6 nitrogen and oxygen atoms in total. The van der Waals surface area contributed by atoms with Crippen molar-refractivity contribution in [2.24, 2.45) is 10.9 Å². The zero-order chi connectivity index (χ0) is 21.2. The summed E-state index contributed by atoms with van der Waals surface area (Å²) >= 11 is 6.04. The minimum absolute atomic E-state index is 0.172. The average Bonchev–Trinajstić information content (AvgIpc) is 2.91. The lowest BCUT2D eigenvalue weighted by molar-refractivity contribution is -0.132. The SMILES string of the molecule is CC(C)CC(N=C1NS(=O)(=O)c2ccccc21)C(=O)N(C)Cc1cccc(Cl)c1. The van der Waals surface area contributed by atoms with Gasteiger partial charge in [0, 0.05) is 24.2 Å². The van der Waals surface area contributed by atoms with Gasteiger partial charge in [-0.05, 0) is 42.2 Å². The summed E-state index contributed by atoms with van der Waals surface area (Å²) < 4.78 is 27.2. The van der Waals surface area contributed by atoms with Gasteiger partial charge in [-0.1, -0.05) is 49.7 Å². The fourth-order valence-corrected chi connectivity index (χ4v) is 4.73. The van der Waals surface area contributed by atoms with Crippen LogP contribution in [0.4, 0.5) is 0 Å². The van der Waals surface area contributed by atoms with E-state index in [4.69, 9.17) is 11.6 Å². The first-order valence-electron chi connectivity index (χ1n) is 9.37. The van der Waals surface area contributed by atoms with E-state index in [-0.39, 0.29) is 22.6 Å². The maximum absolute atomic E-state index is 13.1.